The van der Waals surface area contributed by atoms with E-state index in [4.69, 9.17) is 0 Å². The van der Waals surface area contributed by atoms with E-state index in [1.165, 1.54) is 0 Å². The monoisotopic (exact) mass is 402 g/mol. The van der Waals surface area contributed by atoms with Crippen molar-refractivity contribution >= 4 is 17.2 Å². The van der Waals surface area contributed by atoms with Gasteiger partial charge in [-0.25, -0.2) is 0 Å². The number of likely N-dealkylation sites (tertiary alicyclic amines) is 1. The second-order valence-electron chi connectivity index (χ2n) is 8.14. The van der Waals surface area contributed by atoms with E-state index >= 15 is 0 Å². The molecule has 0 saturated carbocycles. The number of pyridine rings is 1. The van der Waals surface area contributed by atoms with E-state index in [2.05, 4.69) is 13.8 Å². The van der Waals surface area contributed by atoms with Crippen LogP contribution in [0, 0.1) is 18.8 Å². The summed E-state index contributed by atoms with van der Waals surface area (Å²) < 4.78 is 1.66. The second kappa shape index (κ2) is 9.05. The Hall–Kier alpha value is -1.92. The third kappa shape index (κ3) is 4.55. The Balaban J connectivity index is 1.69. The topological polar surface area (TPSA) is 62.5 Å². The van der Waals surface area contributed by atoms with Crippen molar-refractivity contribution in [2.75, 3.05) is 13.1 Å². The lowest BCUT2D eigenvalue weighted by atomic mass is 9.90. The molecule has 3 rings (SSSR count). The molecule has 6 heteroatoms. The Bertz CT molecular complexity index is 849. The molecule has 0 bridgehead atoms. The minimum Gasteiger partial charge on any atom is -0.387 e. The molecular weight excluding hydrogens is 372 g/mol. The van der Waals surface area contributed by atoms with Gasteiger partial charge >= 0.3 is 0 Å². The number of rotatable bonds is 6. The number of aromatic nitrogens is 1. The third-order valence-corrected chi connectivity index (χ3v) is 6.59. The van der Waals surface area contributed by atoms with Crippen LogP contribution < -0.4 is 5.56 Å². The summed E-state index contributed by atoms with van der Waals surface area (Å²) in [6.45, 7) is 7.86. The number of hydrogen-bond donors (Lipinski definition) is 1. The van der Waals surface area contributed by atoms with E-state index in [1.54, 1.807) is 27.0 Å². The number of thiophene rings is 1. The van der Waals surface area contributed by atoms with Crippen LogP contribution in [0.2, 0.25) is 0 Å². The van der Waals surface area contributed by atoms with Crippen LogP contribution in [0.4, 0.5) is 0 Å². The Morgan fingerprint density at radius 3 is 2.61 bits per heavy atom. The van der Waals surface area contributed by atoms with Crippen molar-refractivity contribution in [2.24, 2.45) is 11.8 Å². The van der Waals surface area contributed by atoms with Crippen molar-refractivity contribution in [3.63, 3.8) is 0 Å². The van der Waals surface area contributed by atoms with Crippen LogP contribution in [-0.4, -0.2) is 33.6 Å². The highest BCUT2D eigenvalue weighted by atomic mass is 32.1. The Morgan fingerprint density at radius 2 is 2.00 bits per heavy atom. The number of piperidine rings is 1. The maximum Gasteiger partial charge on any atom is 0.263 e. The normalized spacial score (nSPS) is 16.5. The number of aliphatic hydroxyl groups excluding tert-OH is 1. The summed E-state index contributed by atoms with van der Waals surface area (Å²) in [6.07, 6.45) is 3.73. The highest BCUT2D eigenvalue weighted by molar-refractivity contribution is 7.10. The Morgan fingerprint density at radius 1 is 1.29 bits per heavy atom. The smallest absolute Gasteiger partial charge is 0.263 e. The predicted molar refractivity (Wildman–Crippen MR) is 113 cm³/mol. The highest BCUT2D eigenvalue weighted by Gasteiger charge is 2.30. The molecule has 0 aliphatic carbocycles. The molecule has 2 aromatic rings. The van der Waals surface area contributed by atoms with Gasteiger partial charge in [-0.1, -0.05) is 19.9 Å². The van der Waals surface area contributed by atoms with Crippen LogP contribution in [-0.2, 0) is 6.54 Å². The number of nitrogens with zero attached hydrogens (tertiary/aromatic N) is 2. The van der Waals surface area contributed by atoms with Crippen LogP contribution in [0.1, 0.15) is 60.0 Å². The number of hydrogen-bond acceptors (Lipinski definition) is 4. The molecule has 152 valence electrons. The summed E-state index contributed by atoms with van der Waals surface area (Å²) in [5.74, 6) is 0.480. The molecule has 1 fully saturated rings. The van der Waals surface area contributed by atoms with Gasteiger partial charge in [-0.3, -0.25) is 9.59 Å². The zero-order valence-corrected chi connectivity index (χ0v) is 17.7. The molecule has 1 amide bonds. The van der Waals surface area contributed by atoms with Crippen LogP contribution in [0.3, 0.4) is 0 Å². The molecule has 1 saturated heterocycles. The van der Waals surface area contributed by atoms with E-state index in [0.717, 1.165) is 29.7 Å². The van der Waals surface area contributed by atoms with Gasteiger partial charge in [0, 0.05) is 30.7 Å². The van der Waals surface area contributed by atoms with Gasteiger partial charge in [0.25, 0.3) is 11.5 Å². The van der Waals surface area contributed by atoms with Crippen molar-refractivity contribution in [2.45, 2.75) is 52.7 Å². The minimum atomic E-state index is -0.469. The van der Waals surface area contributed by atoms with Crippen molar-refractivity contribution in [1.29, 1.82) is 0 Å². The lowest BCUT2D eigenvalue weighted by Crippen LogP contribution is -2.42. The van der Waals surface area contributed by atoms with Crippen molar-refractivity contribution in [3.8, 4) is 0 Å². The van der Waals surface area contributed by atoms with Crippen LogP contribution >= 0.6 is 11.3 Å². The quantitative estimate of drug-likeness (QED) is 0.798. The summed E-state index contributed by atoms with van der Waals surface area (Å²) in [5, 5.41) is 12.5. The van der Waals surface area contributed by atoms with Crippen molar-refractivity contribution in [1.82, 2.24) is 9.47 Å². The van der Waals surface area contributed by atoms with E-state index in [0.29, 0.717) is 31.1 Å². The lowest BCUT2D eigenvalue weighted by molar-refractivity contribution is 0.0472. The molecular formula is C22H30N2O3S. The zero-order valence-electron chi connectivity index (χ0n) is 16.9. The first-order valence-electron chi connectivity index (χ1n) is 10.1. The largest absolute Gasteiger partial charge is 0.387 e. The van der Waals surface area contributed by atoms with E-state index in [9.17, 15) is 14.7 Å². The van der Waals surface area contributed by atoms with Gasteiger partial charge in [-0.2, -0.15) is 0 Å². The number of amides is 1. The molecule has 5 nitrogen and oxygen atoms in total. The molecule has 1 atom stereocenters. The average Bonchev–Trinajstić information content (AvgIpc) is 3.21. The summed E-state index contributed by atoms with van der Waals surface area (Å²) in [4.78, 5) is 28.7. The van der Waals surface area contributed by atoms with Gasteiger partial charge < -0.3 is 14.6 Å². The molecule has 0 radical (unpaired) electrons. The van der Waals surface area contributed by atoms with Gasteiger partial charge in [0.1, 0.15) is 5.56 Å². The summed E-state index contributed by atoms with van der Waals surface area (Å²) in [5.41, 5.74) is 0.839. The molecule has 0 spiro atoms. The number of aliphatic hydroxyl groups is 1. The molecule has 28 heavy (non-hydrogen) atoms. The lowest BCUT2D eigenvalue weighted by Gasteiger charge is -2.34. The molecule has 3 heterocycles. The predicted octanol–water partition coefficient (Wildman–Crippen LogP) is 3.85. The molecule has 2 aromatic heterocycles. The van der Waals surface area contributed by atoms with Gasteiger partial charge in [0.15, 0.2) is 0 Å². The standard InChI is InChI=1S/C22H30N2O3S/c1-15(2)6-10-23-11-7-16(3)19(21(23)26)22(27)24-12-8-17(9-13-24)20(25)18-5-4-14-28-18/h4-5,7,11,14-15,17,20,25H,6,8-10,12-13H2,1-3H3. The molecule has 1 unspecified atom stereocenters. The first-order chi connectivity index (χ1) is 13.4. The molecule has 0 aromatic carbocycles. The average molecular weight is 403 g/mol. The van der Waals surface area contributed by atoms with Crippen molar-refractivity contribution < 1.29 is 9.90 Å². The van der Waals surface area contributed by atoms with E-state index in [-0.39, 0.29) is 17.4 Å². The maximum absolute atomic E-state index is 13.1. The van der Waals surface area contributed by atoms with E-state index in [1.807, 2.05) is 30.5 Å². The fourth-order valence-electron chi connectivity index (χ4n) is 3.77. The van der Waals surface area contributed by atoms with Gasteiger partial charge in [-0.05, 0) is 61.1 Å². The van der Waals surface area contributed by atoms with Gasteiger partial charge in [-0.15, -0.1) is 11.3 Å². The summed E-state index contributed by atoms with van der Waals surface area (Å²) >= 11 is 1.57. The first kappa shape index (κ1) is 20.8. The van der Waals surface area contributed by atoms with Crippen LogP contribution in [0.5, 0.6) is 0 Å². The SMILES string of the molecule is Cc1ccn(CCC(C)C)c(=O)c1C(=O)N1CCC(C(O)c2cccs2)CC1. The Labute approximate surface area is 170 Å². The fraction of sp³-hybridized carbons (Fsp3) is 0.545. The molecule has 1 aliphatic heterocycles. The molecule has 1 N–H and O–H groups in total. The zero-order chi connectivity index (χ0) is 20.3. The molecule has 1 aliphatic rings. The third-order valence-electron chi connectivity index (χ3n) is 5.64. The number of carbonyl (C=O) groups excluding carboxylic acids is 1. The fourth-order valence-corrected chi connectivity index (χ4v) is 4.57. The van der Waals surface area contributed by atoms with Crippen LogP contribution in [0.25, 0.3) is 0 Å². The van der Waals surface area contributed by atoms with Gasteiger partial charge in [0.2, 0.25) is 0 Å². The van der Waals surface area contributed by atoms with Crippen molar-refractivity contribution in [3.05, 3.63) is 56.1 Å². The van der Waals surface area contributed by atoms with E-state index < -0.39 is 6.10 Å². The summed E-state index contributed by atoms with van der Waals surface area (Å²) in [6, 6.07) is 5.77. The maximum atomic E-state index is 13.1. The summed E-state index contributed by atoms with van der Waals surface area (Å²) in [7, 11) is 0. The first-order valence-corrected chi connectivity index (χ1v) is 11.0. The number of aryl methyl sites for hydroxylation is 2. The van der Waals surface area contributed by atoms with Gasteiger partial charge in [0.05, 0.1) is 6.10 Å². The van der Waals surface area contributed by atoms with Crippen LogP contribution in [0.15, 0.2) is 34.6 Å². The highest BCUT2D eigenvalue weighted by Crippen LogP contribution is 2.33. The Kier molecular flexibility index (Phi) is 6.73. The minimum absolute atomic E-state index is 0.155. The number of carbonyl (C=O) groups is 1. The second-order valence-corrected chi connectivity index (χ2v) is 9.12.